The van der Waals surface area contributed by atoms with Crippen LogP contribution in [0.2, 0.25) is 0 Å². The second-order valence-electron chi connectivity index (χ2n) is 8.49. The van der Waals surface area contributed by atoms with E-state index in [2.05, 4.69) is 12.1 Å². The van der Waals surface area contributed by atoms with Crippen LogP contribution >= 0.6 is 0 Å². The van der Waals surface area contributed by atoms with Gasteiger partial charge in [-0.1, -0.05) is 42.5 Å². The number of rotatable bonds is 5. The Morgan fingerprint density at radius 2 is 1.68 bits per heavy atom. The molecule has 2 fully saturated rings. The van der Waals surface area contributed by atoms with Gasteiger partial charge >= 0.3 is 0 Å². The van der Waals surface area contributed by atoms with E-state index in [0.29, 0.717) is 30.3 Å². The van der Waals surface area contributed by atoms with Crippen molar-refractivity contribution in [2.75, 3.05) is 27.2 Å². The molecule has 3 amide bonds. The molecule has 2 heterocycles. The highest BCUT2D eigenvalue weighted by Gasteiger charge is 2.53. The molecule has 0 unspecified atom stereocenters. The van der Waals surface area contributed by atoms with Gasteiger partial charge in [0.1, 0.15) is 5.75 Å². The van der Waals surface area contributed by atoms with Gasteiger partial charge in [0.05, 0.1) is 12.5 Å². The van der Waals surface area contributed by atoms with Crippen LogP contribution in [0.15, 0.2) is 54.6 Å². The molecule has 0 N–H and O–H groups in total. The molecule has 2 aromatic rings. The molecule has 4 rings (SSSR count). The van der Waals surface area contributed by atoms with Crippen LogP contribution in [-0.2, 0) is 19.8 Å². The Hall–Kier alpha value is -3.15. The van der Waals surface area contributed by atoms with E-state index in [-0.39, 0.29) is 30.6 Å². The van der Waals surface area contributed by atoms with Crippen LogP contribution < -0.4 is 4.74 Å². The number of hydrogen-bond donors (Lipinski definition) is 0. The van der Waals surface area contributed by atoms with Crippen LogP contribution in [0.3, 0.4) is 0 Å². The number of carbonyl (C=O) groups is 3. The van der Waals surface area contributed by atoms with Gasteiger partial charge in [-0.3, -0.25) is 19.3 Å². The number of hydrogen-bond acceptors (Lipinski definition) is 4. The monoisotopic (exact) mass is 420 g/mol. The molecular weight excluding hydrogens is 392 g/mol. The summed E-state index contributed by atoms with van der Waals surface area (Å²) in [4.78, 5) is 41.8. The average Bonchev–Trinajstić information content (AvgIpc) is 3.04. The van der Waals surface area contributed by atoms with Crippen LogP contribution in [0.4, 0.5) is 0 Å². The summed E-state index contributed by atoms with van der Waals surface area (Å²) in [6.45, 7) is 1.32. The number of ether oxygens (including phenoxy) is 1. The predicted molar refractivity (Wildman–Crippen MR) is 117 cm³/mol. The van der Waals surface area contributed by atoms with E-state index in [1.165, 1.54) is 12.6 Å². The second-order valence-corrected chi connectivity index (χ2v) is 8.49. The fourth-order valence-corrected chi connectivity index (χ4v) is 4.82. The molecule has 6 nitrogen and oxygen atoms in total. The van der Waals surface area contributed by atoms with Crippen molar-refractivity contribution in [2.45, 2.75) is 37.0 Å². The summed E-state index contributed by atoms with van der Waals surface area (Å²) >= 11 is 0. The Kier molecular flexibility index (Phi) is 5.81. The molecule has 2 saturated heterocycles. The lowest BCUT2D eigenvalue weighted by atomic mass is 9.75. The Bertz CT molecular complexity index is 965. The molecule has 2 aliphatic rings. The largest absolute Gasteiger partial charge is 0.497 e. The number of benzene rings is 2. The fourth-order valence-electron chi connectivity index (χ4n) is 4.82. The van der Waals surface area contributed by atoms with Gasteiger partial charge in [0.25, 0.3) is 0 Å². The third-order valence-corrected chi connectivity index (χ3v) is 6.76. The first-order chi connectivity index (χ1) is 14.9. The highest BCUT2D eigenvalue weighted by atomic mass is 16.5. The minimum atomic E-state index is -1.15. The van der Waals surface area contributed by atoms with Gasteiger partial charge in [0.2, 0.25) is 17.7 Å². The van der Waals surface area contributed by atoms with E-state index in [1.807, 2.05) is 23.1 Å². The van der Waals surface area contributed by atoms with Crippen molar-refractivity contribution in [3.8, 4) is 5.75 Å². The van der Waals surface area contributed by atoms with Gasteiger partial charge in [0, 0.05) is 33.0 Å². The van der Waals surface area contributed by atoms with Gasteiger partial charge in [-0.15, -0.1) is 0 Å². The second kappa shape index (κ2) is 8.53. The minimum absolute atomic E-state index is 0.00421. The lowest BCUT2D eigenvalue weighted by molar-refractivity contribution is -0.141. The topological polar surface area (TPSA) is 66.9 Å². The van der Waals surface area contributed by atoms with Crippen LogP contribution in [-0.4, -0.2) is 54.8 Å². The highest BCUT2D eigenvalue weighted by Crippen LogP contribution is 2.41. The van der Waals surface area contributed by atoms with Crippen LogP contribution in [0, 0.1) is 0 Å². The molecule has 0 aliphatic carbocycles. The smallest absolute Gasteiger partial charge is 0.240 e. The maximum Gasteiger partial charge on any atom is 0.240 e. The molecule has 0 spiro atoms. The summed E-state index contributed by atoms with van der Waals surface area (Å²) in [5.74, 6) is 0.477. The van der Waals surface area contributed by atoms with Gasteiger partial charge in [-0.25, -0.2) is 0 Å². The molecule has 162 valence electrons. The van der Waals surface area contributed by atoms with E-state index >= 15 is 0 Å². The lowest BCUT2D eigenvalue weighted by Gasteiger charge is -2.35. The summed E-state index contributed by atoms with van der Waals surface area (Å²) in [7, 11) is 3.07. The van der Waals surface area contributed by atoms with Crippen LogP contribution in [0.25, 0.3) is 0 Å². The SMILES string of the molecule is COc1ccc([C@@]2(CC(=O)N3CCC(c4ccccc4)CC3)CC(=O)N(C)C2=O)cc1. The molecule has 0 bridgehead atoms. The number of amides is 3. The van der Waals surface area contributed by atoms with E-state index in [0.717, 1.165) is 17.7 Å². The molecular formula is C25H28N2O4. The third-order valence-electron chi connectivity index (χ3n) is 6.76. The zero-order valence-electron chi connectivity index (χ0n) is 18.0. The third kappa shape index (κ3) is 3.94. The Morgan fingerprint density at radius 3 is 2.23 bits per heavy atom. The molecule has 0 aromatic heterocycles. The Morgan fingerprint density at radius 1 is 1.03 bits per heavy atom. The number of piperidine rings is 1. The van der Waals surface area contributed by atoms with E-state index in [1.54, 1.807) is 31.4 Å². The van der Waals surface area contributed by atoms with Crippen molar-refractivity contribution in [3.05, 3.63) is 65.7 Å². The Labute approximate surface area is 182 Å². The highest BCUT2D eigenvalue weighted by molar-refractivity contribution is 6.10. The fraction of sp³-hybridized carbons (Fsp3) is 0.400. The summed E-state index contributed by atoms with van der Waals surface area (Å²) in [6.07, 6.45) is 1.82. The quantitative estimate of drug-likeness (QED) is 0.697. The predicted octanol–water partition coefficient (Wildman–Crippen LogP) is 3.12. The summed E-state index contributed by atoms with van der Waals surface area (Å²) in [5, 5.41) is 0. The van der Waals surface area contributed by atoms with E-state index in [4.69, 9.17) is 4.74 Å². The average molecular weight is 421 g/mol. The molecule has 1 atom stereocenters. The summed E-state index contributed by atoms with van der Waals surface area (Å²) in [6, 6.07) is 17.5. The number of likely N-dealkylation sites (tertiary alicyclic amines) is 2. The zero-order chi connectivity index (χ0) is 22.0. The van der Waals surface area contributed by atoms with Gasteiger partial charge < -0.3 is 9.64 Å². The van der Waals surface area contributed by atoms with Crippen molar-refractivity contribution in [1.82, 2.24) is 9.80 Å². The van der Waals surface area contributed by atoms with Crippen molar-refractivity contribution in [3.63, 3.8) is 0 Å². The first kappa shape index (κ1) is 21.1. The van der Waals surface area contributed by atoms with Crippen molar-refractivity contribution in [1.29, 1.82) is 0 Å². The minimum Gasteiger partial charge on any atom is -0.497 e. The lowest BCUT2D eigenvalue weighted by Crippen LogP contribution is -2.44. The first-order valence-corrected chi connectivity index (χ1v) is 10.7. The van der Waals surface area contributed by atoms with Crippen LogP contribution in [0.1, 0.15) is 42.7 Å². The number of nitrogens with zero attached hydrogens (tertiary/aromatic N) is 2. The first-order valence-electron chi connectivity index (χ1n) is 10.7. The normalized spacial score (nSPS) is 22.1. The standard InChI is InChI=1S/C25H28N2O4/c1-26-22(28)16-25(24(26)30,20-8-10-21(31-2)11-9-20)17-23(29)27-14-12-19(13-15-27)18-6-4-3-5-7-18/h3-11,19H,12-17H2,1-2H3/t25-/m0/s1. The number of imide groups is 1. The molecule has 6 heteroatoms. The van der Waals surface area contributed by atoms with Gasteiger partial charge in [-0.05, 0) is 42.0 Å². The molecule has 31 heavy (non-hydrogen) atoms. The number of methoxy groups -OCH3 is 1. The van der Waals surface area contributed by atoms with E-state index in [9.17, 15) is 14.4 Å². The van der Waals surface area contributed by atoms with Crippen molar-refractivity contribution >= 4 is 17.7 Å². The molecule has 0 saturated carbocycles. The maximum atomic E-state index is 13.3. The van der Waals surface area contributed by atoms with Gasteiger partial charge in [0.15, 0.2) is 0 Å². The molecule has 2 aromatic carbocycles. The number of likely N-dealkylation sites (N-methyl/N-ethyl adjacent to an activating group) is 1. The summed E-state index contributed by atoms with van der Waals surface area (Å²) in [5.41, 5.74) is 0.844. The number of carbonyl (C=O) groups excluding carboxylic acids is 3. The van der Waals surface area contributed by atoms with Gasteiger partial charge in [-0.2, -0.15) is 0 Å². The summed E-state index contributed by atoms with van der Waals surface area (Å²) < 4.78 is 5.22. The Balaban J connectivity index is 1.52. The van der Waals surface area contributed by atoms with Crippen molar-refractivity contribution in [2.24, 2.45) is 0 Å². The van der Waals surface area contributed by atoms with E-state index < -0.39 is 5.41 Å². The van der Waals surface area contributed by atoms with Crippen LogP contribution in [0.5, 0.6) is 5.75 Å². The zero-order valence-corrected chi connectivity index (χ0v) is 18.0. The molecule has 2 aliphatic heterocycles. The van der Waals surface area contributed by atoms with Crippen molar-refractivity contribution < 1.29 is 19.1 Å². The maximum absolute atomic E-state index is 13.3. The molecule has 0 radical (unpaired) electrons.